The highest BCUT2D eigenvalue weighted by Crippen LogP contribution is 2.10. The fourth-order valence-corrected chi connectivity index (χ4v) is 0.845. The summed E-state index contributed by atoms with van der Waals surface area (Å²) < 4.78 is 10.3. The molecule has 0 fully saturated rings. The van der Waals surface area contributed by atoms with Crippen LogP contribution < -0.4 is 15.2 Å². The highest BCUT2D eigenvalue weighted by Gasteiger charge is 2.05. The van der Waals surface area contributed by atoms with Gasteiger partial charge in [0.1, 0.15) is 0 Å². The quantitative estimate of drug-likeness (QED) is 0.552. The number of nitrogens with zero attached hydrogens (tertiary/aromatic N) is 3. The van der Waals surface area contributed by atoms with E-state index in [9.17, 15) is 0 Å². The van der Waals surface area contributed by atoms with E-state index >= 15 is 0 Å². The second-order valence-electron chi connectivity index (χ2n) is 2.62. The van der Waals surface area contributed by atoms with Gasteiger partial charge in [-0.15, -0.1) is 11.6 Å². The standard InChI is InChI=1S/C9H14N4O2/c1-3-5-6-15-9-12-7(10)11-8(13-9)14-4-2/h3H,1,4-6H2,2H3,(H2,10,11,12,13). The van der Waals surface area contributed by atoms with Crippen molar-refractivity contribution >= 4 is 5.95 Å². The van der Waals surface area contributed by atoms with Gasteiger partial charge in [0.25, 0.3) is 0 Å². The first kappa shape index (κ1) is 11.2. The zero-order chi connectivity index (χ0) is 11.1. The van der Waals surface area contributed by atoms with E-state index in [1.54, 1.807) is 6.08 Å². The van der Waals surface area contributed by atoms with Crippen molar-refractivity contribution in [3.05, 3.63) is 12.7 Å². The van der Waals surface area contributed by atoms with Gasteiger partial charge in [-0.05, 0) is 13.3 Å². The third-order valence-electron chi connectivity index (χ3n) is 1.44. The number of anilines is 1. The summed E-state index contributed by atoms with van der Waals surface area (Å²) in [5.74, 6) is 0.0852. The molecule has 2 N–H and O–H groups in total. The highest BCUT2D eigenvalue weighted by atomic mass is 16.5. The number of aromatic nitrogens is 3. The zero-order valence-electron chi connectivity index (χ0n) is 8.64. The molecule has 0 saturated heterocycles. The van der Waals surface area contributed by atoms with Crippen LogP contribution in [0.5, 0.6) is 12.0 Å². The second kappa shape index (κ2) is 5.79. The van der Waals surface area contributed by atoms with Crippen molar-refractivity contribution in [3.8, 4) is 12.0 Å². The van der Waals surface area contributed by atoms with Crippen molar-refractivity contribution in [2.75, 3.05) is 18.9 Å². The molecule has 0 radical (unpaired) electrons. The van der Waals surface area contributed by atoms with Gasteiger partial charge in [-0.2, -0.15) is 9.97 Å². The lowest BCUT2D eigenvalue weighted by molar-refractivity contribution is 0.273. The van der Waals surface area contributed by atoms with Crippen LogP contribution in [0.1, 0.15) is 13.3 Å². The van der Waals surface area contributed by atoms with Crippen LogP contribution in [-0.2, 0) is 0 Å². The Hall–Kier alpha value is -1.85. The van der Waals surface area contributed by atoms with Gasteiger partial charge in [-0.1, -0.05) is 6.08 Å². The summed E-state index contributed by atoms with van der Waals surface area (Å²) in [6.45, 7) is 6.33. The van der Waals surface area contributed by atoms with Crippen LogP contribution in [0.25, 0.3) is 0 Å². The zero-order valence-corrected chi connectivity index (χ0v) is 8.64. The van der Waals surface area contributed by atoms with Gasteiger partial charge in [0.05, 0.1) is 13.2 Å². The first-order valence-corrected chi connectivity index (χ1v) is 4.64. The van der Waals surface area contributed by atoms with Gasteiger partial charge in [0.2, 0.25) is 5.95 Å². The molecule has 0 bridgehead atoms. The molecule has 1 rings (SSSR count). The Bertz CT molecular complexity index is 330. The summed E-state index contributed by atoms with van der Waals surface area (Å²) in [5.41, 5.74) is 5.45. The van der Waals surface area contributed by atoms with Crippen LogP contribution in [0.2, 0.25) is 0 Å². The molecule has 1 aromatic rings. The molecule has 1 aromatic heterocycles. The van der Waals surface area contributed by atoms with Crippen molar-refractivity contribution in [1.82, 2.24) is 15.0 Å². The van der Waals surface area contributed by atoms with E-state index in [0.29, 0.717) is 13.2 Å². The Kier molecular flexibility index (Phi) is 4.33. The van der Waals surface area contributed by atoms with Crippen LogP contribution in [-0.4, -0.2) is 28.2 Å². The van der Waals surface area contributed by atoms with Crippen LogP contribution in [0.4, 0.5) is 5.95 Å². The van der Waals surface area contributed by atoms with E-state index in [1.165, 1.54) is 0 Å². The van der Waals surface area contributed by atoms with Crippen molar-refractivity contribution in [1.29, 1.82) is 0 Å². The first-order chi connectivity index (χ1) is 7.26. The molecule has 6 heteroatoms. The van der Waals surface area contributed by atoms with Crippen LogP contribution in [0, 0.1) is 0 Å². The number of nitrogens with two attached hydrogens (primary N) is 1. The maximum atomic E-state index is 5.45. The predicted molar refractivity (Wildman–Crippen MR) is 55.7 cm³/mol. The lowest BCUT2D eigenvalue weighted by Gasteiger charge is -2.05. The van der Waals surface area contributed by atoms with E-state index in [2.05, 4.69) is 21.5 Å². The molecule has 0 aliphatic rings. The van der Waals surface area contributed by atoms with Crippen molar-refractivity contribution in [2.45, 2.75) is 13.3 Å². The molecule has 1 heterocycles. The van der Waals surface area contributed by atoms with Gasteiger partial charge in [0.15, 0.2) is 0 Å². The first-order valence-electron chi connectivity index (χ1n) is 4.64. The molecular weight excluding hydrogens is 196 g/mol. The molecule has 0 spiro atoms. The molecule has 0 unspecified atom stereocenters. The fraction of sp³-hybridized carbons (Fsp3) is 0.444. The molecule has 6 nitrogen and oxygen atoms in total. The van der Waals surface area contributed by atoms with Gasteiger partial charge in [-0.3, -0.25) is 0 Å². The topological polar surface area (TPSA) is 83.2 Å². The number of nitrogen functional groups attached to an aromatic ring is 1. The maximum Gasteiger partial charge on any atom is 0.324 e. The average molecular weight is 210 g/mol. The average Bonchev–Trinajstić information content (AvgIpc) is 2.18. The van der Waals surface area contributed by atoms with Gasteiger partial charge in [-0.25, -0.2) is 0 Å². The molecule has 0 aliphatic carbocycles. The van der Waals surface area contributed by atoms with Crippen molar-refractivity contribution in [2.24, 2.45) is 0 Å². The number of ether oxygens (including phenoxy) is 2. The van der Waals surface area contributed by atoms with Crippen LogP contribution in [0.15, 0.2) is 12.7 Å². The Morgan fingerprint density at radius 2 is 1.93 bits per heavy atom. The molecule has 0 amide bonds. The molecule has 0 aliphatic heterocycles. The largest absolute Gasteiger partial charge is 0.464 e. The third-order valence-corrected chi connectivity index (χ3v) is 1.44. The maximum absolute atomic E-state index is 5.45. The minimum absolute atomic E-state index is 0.0852. The molecule has 0 aromatic carbocycles. The Morgan fingerprint density at radius 1 is 1.27 bits per heavy atom. The van der Waals surface area contributed by atoms with E-state index in [4.69, 9.17) is 15.2 Å². The van der Waals surface area contributed by atoms with Crippen molar-refractivity contribution in [3.63, 3.8) is 0 Å². The Balaban J connectivity index is 2.65. The van der Waals surface area contributed by atoms with Gasteiger partial charge < -0.3 is 15.2 Å². The van der Waals surface area contributed by atoms with E-state index < -0.39 is 0 Å². The monoisotopic (exact) mass is 210 g/mol. The predicted octanol–water partition coefficient (Wildman–Crippen LogP) is 0.807. The van der Waals surface area contributed by atoms with Crippen LogP contribution in [0.3, 0.4) is 0 Å². The number of rotatable bonds is 6. The van der Waals surface area contributed by atoms with E-state index in [-0.39, 0.29) is 18.0 Å². The molecule has 15 heavy (non-hydrogen) atoms. The number of hydrogen-bond acceptors (Lipinski definition) is 6. The SMILES string of the molecule is C=CCCOc1nc(N)nc(OCC)n1. The normalized spacial score (nSPS) is 9.67. The molecule has 0 atom stereocenters. The van der Waals surface area contributed by atoms with Gasteiger partial charge >= 0.3 is 12.0 Å². The summed E-state index contributed by atoms with van der Waals surface area (Å²) in [4.78, 5) is 11.5. The lowest BCUT2D eigenvalue weighted by atomic mass is 10.5. The molecule has 0 saturated carbocycles. The second-order valence-corrected chi connectivity index (χ2v) is 2.62. The molecule has 82 valence electrons. The van der Waals surface area contributed by atoms with E-state index in [0.717, 1.165) is 6.42 Å². The summed E-state index contributed by atoms with van der Waals surface area (Å²) >= 11 is 0. The van der Waals surface area contributed by atoms with Gasteiger partial charge in [0, 0.05) is 0 Å². The van der Waals surface area contributed by atoms with E-state index in [1.807, 2.05) is 6.92 Å². The third kappa shape index (κ3) is 3.80. The lowest BCUT2D eigenvalue weighted by Crippen LogP contribution is -2.07. The minimum atomic E-state index is 0.0852. The minimum Gasteiger partial charge on any atom is -0.464 e. The summed E-state index contributed by atoms with van der Waals surface area (Å²) in [6, 6.07) is 0.353. The summed E-state index contributed by atoms with van der Waals surface area (Å²) in [7, 11) is 0. The highest BCUT2D eigenvalue weighted by molar-refractivity contribution is 5.20. The summed E-state index contributed by atoms with van der Waals surface area (Å²) in [5, 5.41) is 0. The Morgan fingerprint density at radius 3 is 2.53 bits per heavy atom. The summed E-state index contributed by atoms with van der Waals surface area (Å²) in [6.07, 6.45) is 2.46. The fourth-order valence-electron chi connectivity index (χ4n) is 0.845. The van der Waals surface area contributed by atoms with Crippen molar-refractivity contribution < 1.29 is 9.47 Å². The molecular formula is C9H14N4O2. The van der Waals surface area contributed by atoms with Crippen LogP contribution >= 0.6 is 0 Å². The Labute approximate surface area is 88.2 Å². The smallest absolute Gasteiger partial charge is 0.324 e. The number of hydrogen-bond donors (Lipinski definition) is 1.